The monoisotopic (exact) mass is 275 g/mol. The SMILES string of the molecule is CCc1cc(-c2nc(-c3ccn(C)n3)no2)c(N)s1. The van der Waals surface area contributed by atoms with Crippen molar-refractivity contribution in [2.75, 3.05) is 5.73 Å². The molecule has 19 heavy (non-hydrogen) atoms. The van der Waals surface area contributed by atoms with Crippen LogP contribution >= 0.6 is 11.3 Å². The van der Waals surface area contributed by atoms with Crippen molar-refractivity contribution >= 4 is 16.3 Å². The fourth-order valence-electron chi connectivity index (χ4n) is 1.77. The second kappa shape index (κ2) is 4.51. The largest absolute Gasteiger partial charge is 0.390 e. The van der Waals surface area contributed by atoms with Crippen LogP contribution in [-0.4, -0.2) is 19.9 Å². The maximum atomic E-state index is 5.97. The van der Waals surface area contributed by atoms with Crippen LogP contribution in [0.4, 0.5) is 5.00 Å². The Morgan fingerprint density at radius 3 is 2.95 bits per heavy atom. The van der Waals surface area contributed by atoms with Crippen molar-refractivity contribution in [2.45, 2.75) is 13.3 Å². The molecule has 3 aromatic heterocycles. The first-order chi connectivity index (χ1) is 9.17. The second-order valence-corrected chi connectivity index (χ2v) is 5.31. The number of thiophene rings is 1. The molecule has 0 spiro atoms. The maximum absolute atomic E-state index is 5.97. The van der Waals surface area contributed by atoms with Crippen molar-refractivity contribution in [3.05, 3.63) is 23.2 Å². The van der Waals surface area contributed by atoms with E-state index in [1.165, 1.54) is 4.88 Å². The molecule has 0 aliphatic heterocycles. The number of aryl methyl sites for hydroxylation is 2. The van der Waals surface area contributed by atoms with Crippen LogP contribution in [-0.2, 0) is 13.5 Å². The molecule has 0 atom stereocenters. The standard InChI is InChI=1S/C12H13N5OS/c1-3-7-6-8(10(13)19-7)12-14-11(16-18-12)9-4-5-17(2)15-9/h4-6H,3,13H2,1-2H3. The van der Waals surface area contributed by atoms with Gasteiger partial charge in [-0.15, -0.1) is 11.3 Å². The van der Waals surface area contributed by atoms with Crippen LogP contribution in [0, 0.1) is 0 Å². The smallest absolute Gasteiger partial charge is 0.261 e. The normalized spacial score (nSPS) is 11.1. The third-order valence-corrected chi connectivity index (χ3v) is 3.87. The molecule has 7 heteroatoms. The van der Waals surface area contributed by atoms with Crippen molar-refractivity contribution in [3.8, 4) is 23.0 Å². The maximum Gasteiger partial charge on any atom is 0.261 e. The predicted molar refractivity (Wildman–Crippen MR) is 73.6 cm³/mol. The van der Waals surface area contributed by atoms with Gasteiger partial charge in [0.2, 0.25) is 5.82 Å². The number of nitrogen functional groups attached to an aromatic ring is 1. The van der Waals surface area contributed by atoms with Crippen molar-refractivity contribution < 1.29 is 4.52 Å². The highest BCUT2D eigenvalue weighted by Gasteiger charge is 2.16. The Morgan fingerprint density at radius 2 is 2.32 bits per heavy atom. The molecular weight excluding hydrogens is 262 g/mol. The van der Waals surface area contributed by atoms with Crippen LogP contribution in [0.25, 0.3) is 23.0 Å². The van der Waals surface area contributed by atoms with E-state index in [9.17, 15) is 0 Å². The van der Waals surface area contributed by atoms with Gasteiger partial charge in [0.15, 0.2) is 0 Å². The number of rotatable bonds is 3. The number of nitrogens with zero attached hydrogens (tertiary/aromatic N) is 4. The lowest BCUT2D eigenvalue weighted by molar-refractivity contribution is 0.432. The van der Waals surface area contributed by atoms with Gasteiger partial charge in [0.05, 0.1) is 10.6 Å². The van der Waals surface area contributed by atoms with Crippen molar-refractivity contribution in [2.24, 2.45) is 7.05 Å². The topological polar surface area (TPSA) is 82.8 Å². The Labute approximate surface area is 113 Å². The second-order valence-electron chi connectivity index (χ2n) is 4.14. The Kier molecular flexibility index (Phi) is 2.83. The molecule has 0 radical (unpaired) electrons. The first-order valence-electron chi connectivity index (χ1n) is 5.89. The zero-order chi connectivity index (χ0) is 13.4. The molecule has 0 aliphatic carbocycles. The summed E-state index contributed by atoms with van der Waals surface area (Å²) in [5.74, 6) is 0.911. The summed E-state index contributed by atoms with van der Waals surface area (Å²) in [5, 5.41) is 8.88. The fourth-order valence-corrected chi connectivity index (χ4v) is 2.63. The summed E-state index contributed by atoms with van der Waals surface area (Å²) in [6, 6.07) is 3.83. The highest BCUT2D eigenvalue weighted by molar-refractivity contribution is 7.16. The van der Waals surface area contributed by atoms with E-state index in [2.05, 4.69) is 22.2 Å². The van der Waals surface area contributed by atoms with Crippen molar-refractivity contribution in [3.63, 3.8) is 0 Å². The van der Waals surface area contributed by atoms with E-state index in [-0.39, 0.29) is 0 Å². The van der Waals surface area contributed by atoms with E-state index in [1.807, 2.05) is 25.4 Å². The third-order valence-electron chi connectivity index (χ3n) is 2.76. The van der Waals surface area contributed by atoms with Gasteiger partial charge in [0, 0.05) is 18.1 Å². The Morgan fingerprint density at radius 1 is 1.47 bits per heavy atom. The number of nitrogens with two attached hydrogens (primary N) is 1. The molecule has 0 bridgehead atoms. The van der Waals surface area contributed by atoms with Gasteiger partial charge in [-0.1, -0.05) is 12.1 Å². The van der Waals surface area contributed by atoms with Crippen LogP contribution in [0.15, 0.2) is 22.9 Å². The van der Waals surface area contributed by atoms with Crippen LogP contribution in [0.3, 0.4) is 0 Å². The van der Waals surface area contributed by atoms with E-state index in [0.29, 0.717) is 22.4 Å². The van der Waals surface area contributed by atoms with Gasteiger partial charge < -0.3 is 10.3 Å². The molecule has 3 aromatic rings. The van der Waals surface area contributed by atoms with Gasteiger partial charge in [0.1, 0.15) is 5.69 Å². The predicted octanol–water partition coefficient (Wildman–Crippen LogP) is 2.34. The average molecular weight is 275 g/mol. The van der Waals surface area contributed by atoms with Crippen molar-refractivity contribution in [1.82, 2.24) is 19.9 Å². The van der Waals surface area contributed by atoms with Gasteiger partial charge in [-0.25, -0.2) is 0 Å². The quantitative estimate of drug-likeness (QED) is 0.793. The summed E-state index contributed by atoms with van der Waals surface area (Å²) >= 11 is 1.55. The summed E-state index contributed by atoms with van der Waals surface area (Å²) in [6.07, 6.45) is 2.77. The Hall–Kier alpha value is -2.15. The summed E-state index contributed by atoms with van der Waals surface area (Å²) < 4.78 is 6.96. The molecule has 0 saturated heterocycles. The van der Waals surface area contributed by atoms with Gasteiger partial charge in [-0.3, -0.25) is 4.68 Å². The molecule has 0 unspecified atom stereocenters. The Bertz CT molecular complexity index is 711. The molecule has 0 aromatic carbocycles. The van der Waals surface area contributed by atoms with E-state index in [1.54, 1.807) is 16.0 Å². The minimum absolute atomic E-state index is 0.439. The van der Waals surface area contributed by atoms with E-state index in [0.717, 1.165) is 12.0 Å². The molecule has 0 fully saturated rings. The Balaban J connectivity index is 1.98. The highest BCUT2D eigenvalue weighted by Crippen LogP contribution is 2.33. The number of anilines is 1. The summed E-state index contributed by atoms with van der Waals surface area (Å²) in [6.45, 7) is 2.09. The van der Waals surface area contributed by atoms with E-state index >= 15 is 0 Å². The van der Waals surface area contributed by atoms with Gasteiger partial charge in [-0.2, -0.15) is 10.1 Å². The van der Waals surface area contributed by atoms with Crippen LogP contribution in [0.5, 0.6) is 0 Å². The average Bonchev–Trinajstić information content (AvgIpc) is 3.07. The lowest BCUT2D eigenvalue weighted by Crippen LogP contribution is -1.89. The van der Waals surface area contributed by atoms with Gasteiger partial charge in [0.25, 0.3) is 5.89 Å². The number of aromatic nitrogens is 4. The highest BCUT2D eigenvalue weighted by atomic mass is 32.1. The minimum atomic E-state index is 0.439. The molecule has 3 heterocycles. The van der Waals surface area contributed by atoms with Crippen molar-refractivity contribution in [1.29, 1.82) is 0 Å². The third kappa shape index (κ3) is 2.12. The fraction of sp³-hybridized carbons (Fsp3) is 0.250. The van der Waals surface area contributed by atoms with Crippen LogP contribution < -0.4 is 5.73 Å². The van der Waals surface area contributed by atoms with Gasteiger partial charge in [-0.05, 0) is 18.6 Å². The number of hydrogen-bond donors (Lipinski definition) is 1. The van der Waals surface area contributed by atoms with Gasteiger partial charge >= 0.3 is 0 Å². The molecule has 0 saturated carbocycles. The zero-order valence-electron chi connectivity index (χ0n) is 10.6. The first-order valence-corrected chi connectivity index (χ1v) is 6.71. The molecule has 0 aliphatic rings. The summed E-state index contributed by atoms with van der Waals surface area (Å²) in [7, 11) is 1.84. The molecule has 0 amide bonds. The molecule has 3 rings (SSSR count). The molecule has 2 N–H and O–H groups in total. The summed E-state index contributed by atoms with van der Waals surface area (Å²) in [5.41, 5.74) is 7.46. The van der Waals surface area contributed by atoms with E-state index < -0.39 is 0 Å². The molecule has 98 valence electrons. The lowest BCUT2D eigenvalue weighted by Gasteiger charge is -1.89. The van der Waals surface area contributed by atoms with Crippen LogP contribution in [0.2, 0.25) is 0 Å². The minimum Gasteiger partial charge on any atom is -0.390 e. The van der Waals surface area contributed by atoms with E-state index in [4.69, 9.17) is 10.3 Å². The number of hydrogen-bond acceptors (Lipinski definition) is 6. The zero-order valence-corrected chi connectivity index (χ0v) is 11.4. The molecular formula is C12H13N5OS. The first kappa shape index (κ1) is 11.9. The van der Waals surface area contributed by atoms with Crippen LogP contribution in [0.1, 0.15) is 11.8 Å². The molecule has 6 nitrogen and oxygen atoms in total. The summed E-state index contributed by atoms with van der Waals surface area (Å²) in [4.78, 5) is 5.54. The lowest BCUT2D eigenvalue weighted by atomic mass is 10.2.